The lowest BCUT2D eigenvalue weighted by Crippen LogP contribution is -2.04. The van der Waals surface area contributed by atoms with Crippen LogP contribution in [0.3, 0.4) is 0 Å². The van der Waals surface area contributed by atoms with E-state index in [1.54, 1.807) is 12.1 Å². The van der Waals surface area contributed by atoms with E-state index in [1.807, 2.05) is 0 Å². The van der Waals surface area contributed by atoms with Crippen molar-refractivity contribution in [2.24, 2.45) is 0 Å². The van der Waals surface area contributed by atoms with Gasteiger partial charge in [-0.1, -0.05) is 12.1 Å². The first-order chi connectivity index (χ1) is 9.45. The zero-order chi connectivity index (χ0) is 14.8. The fraction of sp³-hybridized carbons (Fsp3) is 0.214. The van der Waals surface area contributed by atoms with Crippen LogP contribution in [0.25, 0.3) is 11.1 Å². The number of halogens is 3. The van der Waals surface area contributed by atoms with E-state index in [4.69, 9.17) is 9.84 Å². The molecule has 1 heterocycles. The molecule has 2 rings (SSSR count). The second-order valence-electron chi connectivity index (χ2n) is 4.10. The van der Waals surface area contributed by atoms with E-state index in [1.165, 1.54) is 19.2 Å². The van der Waals surface area contributed by atoms with Gasteiger partial charge in [0.05, 0.1) is 25.0 Å². The van der Waals surface area contributed by atoms with Crippen molar-refractivity contribution in [3.8, 4) is 17.0 Å². The number of pyridine rings is 1. The van der Waals surface area contributed by atoms with Gasteiger partial charge in [-0.3, -0.25) is 0 Å². The van der Waals surface area contributed by atoms with Gasteiger partial charge in [-0.15, -0.1) is 0 Å². The van der Waals surface area contributed by atoms with Gasteiger partial charge in [0.1, 0.15) is 0 Å². The summed E-state index contributed by atoms with van der Waals surface area (Å²) in [6, 6.07) is 8.04. The highest BCUT2D eigenvalue weighted by atomic mass is 19.4. The summed E-state index contributed by atoms with van der Waals surface area (Å²) in [6.07, 6.45) is -4.40. The molecular weight excluding hydrogens is 271 g/mol. The second kappa shape index (κ2) is 5.50. The molecule has 0 unspecified atom stereocenters. The lowest BCUT2D eigenvalue weighted by atomic mass is 10.0. The number of alkyl halides is 3. The number of aliphatic hydroxyl groups is 1. The summed E-state index contributed by atoms with van der Waals surface area (Å²) in [4.78, 5) is 4.02. The molecule has 0 atom stereocenters. The molecular formula is C14H12F3NO2. The molecule has 0 saturated carbocycles. The topological polar surface area (TPSA) is 42.4 Å². The van der Waals surface area contributed by atoms with Crippen LogP contribution in [-0.4, -0.2) is 17.2 Å². The largest absolute Gasteiger partial charge is 0.481 e. The summed E-state index contributed by atoms with van der Waals surface area (Å²) < 4.78 is 43.2. The Bertz CT molecular complexity index is 612. The molecule has 0 amide bonds. The molecule has 0 fully saturated rings. The number of aromatic nitrogens is 1. The summed E-state index contributed by atoms with van der Waals surface area (Å²) >= 11 is 0. The molecule has 1 aromatic heterocycles. The van der Waals surface area contributed by atoms with Crippen molar-refractivity contribution in [3.05, 3.63) is 47.7 Å². The van der Waals surface area contributed by atoms with Gasteiger partial charge < -0.3 is 9.84 Å². The third-order valence-corrected chi connectivity index (χ3v) is 2.77. The van der Waals surface area contributed by atoms with Crippen LogP contribution in [0.1, 0.15) is 11.3 Å². The highest BCUT2D eigenvalue weighted by Crippen LogP contribution is 2.34. The maximum atomic E-state index is 12.7. The fourth-order valence-corrected chi connectivity index (χ4v) is 1.81. The smallest absolute Gasteiger partial charge is 0.416 e. The third kappa shape index (κ3) is 2.91. The van der Waals surface area contributed by atoms with Gasteiger partial charge in [0.15, 0.2) is 0 Å². The van der Waals surface area contributed by atoms with Crippen molar-refractivity contribution in [1.82, 2.24) is 4.98 Å². The van der Waals surface area contributed by atoms with Gasteiger partial charge in [0, 0.05) is 5.56 Å². The molecule has 2 aromatic rings. The van der Waals surface area contributed by atoms with Gasteiger partial charge in [0.25, 0.3) is 0 Å². The zero-order valence-corrected chi connectivity index (χ0v) is 10.6. The van der Waals surface area contributed by atoms with Gasteiger partial charge in [-0.05, 0) is 29.8 Å². The van der Waals surface area contributed by atoms with Gasteiger partial charge >= 0.3 is 6.18 Å². The van der Waals surface area contributed by atoms with E-state index in [0.29, 0.717) is 16.8 Å². The highest BCUT2D eigenvalue weighted by molar-refractivity contribution is 5.69. The summed E-state index contributed by atoms with van der Waals surface area (Å²) in [5, 5.41) is 9.00. The molecule has 0 aliphatic rings. The zero-order valence-electron chi connectivity index (χ0n) is 10.6. The van der Waals surface area contributed by atoms with Gasteiger partial charge in [-0.2, -0.15) is 13.2 Å². The maximum absolute atomic E-state index is 12.7. The van der Waals surface area contributed by atoms with Crippen LogP contribution in [0.2, 0.25) is 0 Å². The number of ether oxygens (including phenoxy) is 1. The highest BCUT2D eigenvalue weighted by Gasteiger charge is 2.30. The molecule has 6 heteroatoms. The number of methoxy groups -OCH3 is 1. The molecule has 1 N–H and O–H groups in total. The Morgan fingerprint density at radius 3 is 2.55 bits per heavy atom. The first-order valence-electron chi connectivity index (χ1n) is 5.78. The molecule has 20 heavy (non-hydrogen) atoms. The number of benzene rings is 1. The van der Waals surface area contributed by atoms with E-state index < -0.39 is 11.7 Å². The summed E-state index contributed by atoms with van der Waals surface area (Å²) in [5.74, 6) is 0.177. The molecule has 0 aliphatic carbocycles. The Labute approximate surface area is 113 Å². The number of hydrogen-bond acceptors (Lipinski definition) is 3. The molecule has 0 saturated heterocycles. The second-order valence-corrected chi connectivity index (χ2v) is 4.10. The van der Waals surface area contributed by atoms with Gasteiger partial charge in [0.2, 0.25) is 5.88 Å². The lowest BCUT2D eigenvalue weighted by molar-refractivity contribution is -0.137. The fourth-order valence-electron chi connectivity index (χ4n) is 1.81. The first kappa shape index (κ1) is 14.3. The average molecular weight is 283 g/mol. The summed E-state index contributed by atoms with van der Waals surface area (Å²) in [7, 11) is 1.38. The molecule has 0 radical (unpaired) electrons. The normalized spacial score (nSPS) is 11.4. The van der Waals surface area contributed by atoms with Crippen LogP contribution < -0.4 is 4.74 Å². The Hall–Kier alpha value is -2.08. The van der Waals surface area contributed by atoms with Crippen LogP contribution in [-0.2, 0) is 12.8 Å². The predicted molar refractivity (Wildman–Crippen MR) is 67.1 cm³/mol. The van der Waals surface area contributed by atoms with Crippen molar-refractivity contribution in [3.63, 3.8) is 0 Å². The molecule has 0 aliphatic heterocycles. The van der Waals surface area contributed by atoms with E-state index in [0.717, 1.165) is 12.1 Å². The van der Waals surface area contributed by atoms with Crippen molar-refractivity contribution in [2.75, 3.05) is 7.11 Å². The van der Waals surface area contributed by atoms with Crippen LogP contribution in [0, 0.1) is 0 Å². The third-order valence-electron chi connectivity index (χ3n) is 2.77. The van der Waals surface area contributed by atoms with E-state index in [9.17, 15) is 13.2 Å². The first-order valence-corrected chi connectivity index (χ1v) is 5.78. The standard InChI is InChI=1S/C14H12F3NO2/c1-20-13-12(6-5-11(8-19)18-13)9-3-2-4-10(7-9)14(15,16)17/h2-7,19H,8H2,1H3. The van der Waals surface area contributed by atoms with Crippen LogP contribution in [0.15, 0.2) is 36.4 Å². The predicted octanol–water partition coefficient (Wildman–Crippen LogP) is 3.27. The monoisotopic (exact) mass is 283 g/mol. The minimum Gasteiger partial charge on any atom is -0.481 e. The Balaban J connectivity index is 2.51. The van der Waals surface area contributed by atoms with Crippen molar-refractivity contribution in [2.45, 2.75) is 12.8 Å². The number of nitrogens with zero attached hydrogens (tertiary/aromatic N) is 1. The lowest BCUT2D eigenvalue weighted by Gasteiger charge is -2.11. The summed E-state index contributed by atoms with van der Waals surface area (Å²) in [5.41, 5.74) is 0.449. The van der Waals surface area contributed by atoms with Crippen molar-refractivity contribution >= 4 is 0 Å². The van der Waals surface area contributed by atoms with E-state index >= 15 is 0 Å². The van der Waals surface area contributed by atoms with Crippen molar-refractivity contribution in [1.29, 1.82) is 0 Å². The Kier molecular flexibility index (Phi) is 3.94. The molecule has 0 bridgehead atoms. The SMILES string of the molecule is COc1nc(CO)ccc1-c1cccc(C(F)(F)F)c1. The molecule has 1 aromatic carbocycles. The average Bonchev–Trinajstić information content (AvgIpc) is 2.45. The Morgan fingerprint density at radius 1 is 1.20 bits per heavy atom. The number of hydrogen-bond donors (Lipinski definition) is 1. The van der Waals surface area contributed by atoms with Crippen LogP contribution in [0.4, 0.5) is 13.2 Å². The number of rotatable bonds is 3. The van der Waals surface area contributed by atoms with Crippen LogP contribution in [0.5, 0.6) is 5.88 Å². The summed E-state index contributed by atoms with van der Waals surface area (Å²) in [6.45, 7) is -0.265. The quantitative estimate of drug-likeness (QED) is 0.940. The molecule has 0 spiro atoms. The number of aliphatic hydroxyl groups excluding tert-OH is 1. The van der Waals surface area contributed by atoms with E-state index in [-0.39, 0.29) is 12.5 Å². The molecule has 106 valence electrons. The maximum Gasteiger partial charge on any atom is 0.416 e. The van der Waals surface area contributed by atoms with E-state index in [2.05, 4.69) is 4.98 Å². The minimum atomic E-state index is -4.40. The minimum absolute atomic E-state index is 0.177. The molecule has 3 nitrogen and oxygen atoms in total. The van der Waals surface area contributed by atoms with Crippen LogP contribution >= 0.6 is 0 Å². The van der Waals surface area contributed by atoms with Gasteiger partial charge in [-0.25, -0.2) is 4.98 Å². The Morgan fingerprint density at radius 2 is 1.95 bits per heavy atom. The van der Waals surface area contributed by atoms with Crippen molar-refractivity contribution < 1.29 is 23.0 Å².